The number of nitrogens with one attached hydrogen (secondary N) is 2. The van der Waals surface area contributed by atoms with Gasteiger partial charge in [0.05, 0.1) is 0 Å². The zero-order valence-electron chi connectivity index (χ0n) is 9.40. The Morgan fingerprint density at radius 1 is 1.38 bits per heavy atom. The smallest absolute Gasteiger partial charge is 0.221 e. The van der Waals surface area contributed by atoms with Gasteiger partial charge < -0.3 is 10.6 Å². The lowest BCUT2D eigenvalue weighted by molar-refractivity contribution is -0.122. The van der Waals surface area contributed by atoms with E-state index in [1.54, 1.807) is 0 Å². The van der Waals surface area contributed by atoms with E-state index in [0.29, 0.717) is 6.42 Å². The second kappa shape index (κ2) is 5.22. The molecule has 0 unspecified atom stereocenters. The fraction of sp³-hybridized carbons (Fsp3) is 0.900. The van der Waals surface area contributed by atoms with Gasteiger partial charge in [0, 0.05) is 19.0 Å². The molecule has 0 rings (SSSR count). The maximum atomic E-state index is 11.3. The van der Waals surface area contributed by atoms with Crippen molar-refractivity contribution in [3.8, 4) is 0 Å². The number of hydrogen-bond donors (Lipinski definition) is 2. The highest BCUT2D eigenvalue weighted by molar-refractivity contribution is 5.76. The number of hydrogen-bond acceptors (Lipinski definition) is 2. The first-order chi connectivity index (χ1) is 5.88. The third-order valence-electron chi connectivity index (χ3n) is 2.28. The van der Waals surface area contributed by atoms with Crippen LogP contribution in [0.5, 0.6) is 0 Å². The van der Waals surface area contributed by atoms with Gasteiger partial charge in [-0.3, -0.25) is 4.79 Å². The van der Waals surface area contributed by atoms with E-state index in [4.69, 9.17) is 0 Å². The van der Waals surface area contributed by atoms with Crippen LogP contribution in [0, 0.1) is 5.41 Å². The Balaban J connectivity index is 3.79. The molecule has 3 nitrogen and oxygen atoms in total. The lowest BCUT2D eigenvalue weighted by atomic mass is 9.88. The van der Waals surface area contributed by atoms with E-state index in [-0.39, 0.29) is 17.4 Å². The second-order valence-corrected chi connectivity index (χ2v) is 4.51. The monoisotopic (exact) mass is 186 g/mol. The minimum absolute atomic E-state index is 0.122. The van der Waals surface area contributed by atoms with Gasteiger partial charge in [-0.25, -0.2) is 0 Å². The Morgan fingerprint density at radius 3 is 2.31 bits per heavy atom. The van der Waals surface area contributed by atoms with E-state index < -0.39 is 0 Å². The van der Waals surface area contributed by atoms with E-state index in [9.17, 15) is 4.79 Å². The Labute approximate surface area is 81.3 Å². The maximum absolute atomic E-state index is 11.3. The van der Waals surface area contributed by atoms with Gasteiger partial charge in [0.25, 0.3) is 0 Å². The van der Waals surface area contributed by atoms with Crippen molar-refractivity contribution in [2.45, 2.75) is 40.2 Å². The molecule has 0 fully saturated rings. The first kappa shape index (κ1) is 12.4. The van der Waals surface area contributed by atoms with Crippen LogP contribution in [0.2, 0.25) is 0 Å². The minimum atomic E-state index is 0.122. The van der Waals surface area contributed by atoms with Gasteiger partial charge in [-0.15, -0.1) is 0 Å². The van der Waals surface area contributed by atoms with Gasteiger partial charge in [0.1, 0.15) is 0 Å². The molecule has 0 saturated carbocycles. The zero-order valence-corrected chi connectivity index (χ0v) is 9.40. The SMILES string of the molecule is CNCCC(=O)N[C@@H](C)C(C)(C)C. The molecule has 0 aliphatic rings. The molecule has 2 N–H and O–H groups in total. The lowest BCUT2D eigenvalue weighted by Gasteiger charge is -2.28. The van der Waals surface area contributed by atoms with Gasteiger partial charge in [-0.05, 0) is 19.4 Å². The molecule has 0 aromatic rings. The first-order valence-corrected chi connectivity index (χ1v) is 4.82. The maximum Gasteiger partial charge on any atom is 0.221 e. The summed E-state index contributed by atoms with van der Waals surface area (Å²) in [6, 6.07) is 0.219. The van der Waals surface area contributed by atoms with Gasteiger partial charge in [0.2, 0.25) is 5.91 Å². The van der Waals surface area contributed by atoms with Gasteiger partial charge in [0.15, 0.2) is 0 Å². The average Bonchev–Trinajstić information content (AvgIpc) is 1.99. The number of carbonyl (C=O) groups excluding carboxylic acids is 1. The Morgan fingerprint density at radius 2 is 1.92 bits per heavy atom. The third kappa shape index (κ3) is 5.64. The molecule has 13 heavy (non-hydrogen) atoms. The lowest BCUT2D eigenvalue weighted by Crippen LogP contribution is -2.42. The molecule has 0 radical (unpaired) electrons. The summed E-state index contributed by atoms with van der Waals surface area (Å²) in [6.45, 7) is 9.14. The van der Waals surface area contributed by atoms with Crippen molar-refractivity contribution in [1.82, 2.24) is 10.6 Å². The van der Waals surface area contributed by atoms with E-state index in [1.165, 1.54) is 0 Å². The summed E-state index contributed by atoms with van der Waals surface area (Å²) in [5.41, 5.74) is 0.134. The number of rotatable bonds is 4. The summed E-state index contributed by atoms with van der Waals surface area (Å²) >= 11 is 0. The Kier molecular flexibility index (Phi) is 4.99. The van der Waals surface area contributed by atoms with Gasteiger partial charge in [-0.1, -0.05) is 20.8 Å². The summed E-state index contributed by atoms with van der Waals surface area (Å²) in [4.78, 5) is 11.3. The fourth-order valence-corrected chi connectivity index (χ4v) is 0.769. The van der Waals surface area contributed by atoms with E-state index in [2.05, 4.69) is 31.4 Å². The highest BCUT2D eigenvalue weighted by atomic mass is 16.1. The van der Waals surface area contributed by atoms with Crippen molar-refractivity contribution in [1.29, 1.82) is 0 Å². The molecule has 3 heteroatoms. The average molecular weight is 186 g/mol. The van der Waals surface area contributed by atoms with E-state index in [1.807, 2.05) is 14.0 Å². The van der Waals surface area contributed by atoms with Crippen LogP contribution in [0.1, 0.15) is 34.1 Å². The van der Waals surface area contributed by atoms with Gasteiger partial charge >= 0.3 is 0 Å². The molecule has 0 heterocycles. The largest absolute Gasteiger partial charge is 0.353 e. The van der Waals surface area contributed by atoms with Crippen LogP contribution in [0.3, 0.4) is 0 Å². The van der Waals surface area contributed by atoms with Gasteiger partial charge in [-0.2, -0.15) is 0 Å². The van der Waals surface area contributed by atoms with Crippen LogP contribution in [-0.2, 0) is 4.79 Å². The van der Waals surface area contributed by atoms with Crippen LogP contribution in [0.4, 0.5) is 0 Å². The van der Waals surface area contributed by atoms with Crippen molar-refractivity contribution in [3.63, 3.8) is 0 Å². The summed E-state index contributed by atoms with van der Waals surface area (Å²) in [5.74, 6) is 0.122. The zero-order chi connectivity index (χ0) is 10.5. The molecule has 1 amide bonds. The Bertz CT molecular complexity index is 161. The fourth-order valence-electron chi connectivity index (χ4n) is 0.769. The minimum Gasteiger partial charge on any atom is -0.353 e. The number of amides is 1. The molecule has 0 saturated heterocycles. The molecule has 0 aromatic heterocycles. The van der Waals surface area contributed by atoms with Crippen molar-refractivity contribution in [2.75, 3.05) is 13.6 Å². The second-order valence-electron chi connectivity index (χ2n) is 4.51. The third-order valence-corrected chi connectivity index (χ3v) is 2.28. The van der Waals surface area contributed by atoms with Crippen LogP contribution in [-0.4, -0.2) is 25.5 Å². The van der Waals surface area contributed by atoms with Crippen LogP contribution in [0.25, 0.3) is 0 Å². The summed E-state index contributed by atoms with van der Waals surface area (Å²) in [7, 11) is 1.85. The number of carbonyl (C=O) groups is 1. The predicted octanol–water partition coefficient (Wildman–Crippen LogP) is 1.15. The molecule has 1 atom stereocenters. The van der Waals surface area contributed by atoms with Crippen LogP contribution < -0.4 is 10.6 Å². The molecule has 0 aromatic carbocycles. The quantitative estimate of drug-likeness (QED) is 0.691. The highest BCUT2D eigenvalue weighted by Gasteiger charge is 2.20. The molecular formula is C10H22N2O. The Hall–Kier alpha value is -0.570. The first-order valence-electron chi connectivity index (χ1n) is 4.82. The molecule has 0 aliphatic carbocycles. The standard InChI is InChI=1S/C10H22N2O/c1-8(10(2,3)4)12-9(13)6-7-11-5/h8,11H,6-7H2,1-5H3,(H,12,13)/t8-/m0/s1. The summed E-state index contributed by atoms with van der Waals surface area (Å²) in [5, 5.41) is 5.93. The van der Waals surface area contributed by atoms with Crippen LogP contribution in [0.15, 0.2) is 0 Å². The molecular weight excluding hydrogens is 164 g/mol. The van der Waals surface area contributed by atoms with E-state index >= 15 is 0 Å². The summed E-state index contributed by atoms with van der Waals surface area (Å²) in [6.07, 6.45) is 0.553. The summed E-state index contributed by atoms with van der Waals surface area (Å²) < 4.78 is 0. The van der Waals surface area contributed by atoms with Crippen molar-refractivity contribution in [3.05, 3.63) is 0 Å². The van der Waals surface area contributed by atoms with Crippen molar-refractivity contribution in [2.24, 2.45) is 5.41 Å². The highest BCUT2D eigenvalue weighted by Crippen LogP contribution is 2.18. The molecule has 0 spiro atoms. The van der Waals surface area contributed by atoms with Crippen LogP contribution >= 0.6 is 0 Å². The van der Waals surface area contributed by atoms with Crippen molar-refractivity contribution >= 4 is 5.91 Å². The van der Waals surface area contributed by atoms with Crippen molar-refractivity contribution < 1.29 is 4.79 Å². The molecule has 78 valence electrons. The molecule has 0 aliphatic heterocycles. The van der Waals surface area contributed by atoms with E-state index in [0.717, 1.165) is 6.54 Å². The normalized spacial score (nSPS) is 13.9. The topological polar surface area (TPSA) is 41.1 Å². The predicted molar refractivity (Wildman–Crippen MR) is 55.6 cm³/mol. The molecule has 0 bridgehead atoms.